The van der Waals surface area contributed by atoms with Crippen LogP contribution in [-0.2, 0) is 9.53 Å². The lowest BCUT2D eigenvalue weighted by Gasteiger charge is -2.21. The first-order valence-electron chi connectivity index (χ1n) is 7.54. The van der Waals surface area contributed by atoms with Crippen molar-refractivity contribution in [2.24, 2.45) is 11.7 Å². The van der Waals surface area contributed by atoms with Crippen LogP contribution in [0.15, 0.2) is 17.3 Å². The van der Waals surface area contributed by atoms with E-state index in [0.717, 1.165) is 4.90 Å². The quantitative estimate of drug-likeness (QED) is 0.606. The standard InChI is InChI=1S/C15H25N5O3S/c1-15(2,3)23-14(22)20-7-10(5-12(16)21)6-17-13-18-8-11(24-4)9-19-13/h8-10H,5-7H2,1-4H3,(H2,16,21)(H,20,22)(H,17,18,19). The first kappa shape index (κ1) is 20.0. The van der Waals surface area contributed by atoms with Crippen molar-refractivity contribution in [3.8, 4) is 0 Å². The zero-order valence-electron chi connectivity index (χ0n) is 14.5. The molecule has 1 aromatic rings. The molecule has 2 amide bonds. The number of carbonyl (C=O) groups is 2. The van der Waals surface area contributed by atoms with E-state index in [4.69, 9.17) is 10.5 Å². The molecule has 4 N–H and O–H groups in total. The summed E-state index contributed by atoms with van der Waals surface area (Å²) in [6.07, 6.45) is 4.96. The predicted molar refractivity (Wildman–Crippen MR) is 93.8 cm³/mol. The Morgan fingerprint density at radius 2 is 1.92 bits per heavy atom. The van der Waals surface area contributed by atoms with Crippen molar-refractivity contribution >= 4 is 29.7 Å². The van der Waals surface area contributed by atoms with Gasteiger partial charge in [-0.2, -0.15) is 0 Å². The van der Waals surface area contributed by atoms with Gasteiger partial charge in [-0.1, -0.05) is 0 Å². The molecule has 1 rings (SSSR count). The number of rotatable bonds is 8. The third-order valence-electron chi connectivity index (χ3n) is 2.84. The fourth-order valence-corrected chi connectivity index (χ4v) is 2.11. The van der Waals surface area contributed by atoms with Gasteiger partial charge in [-0.3, -0.25) is 4.79 Å². The van der Waals surface area contributed by atoms with Gasteiger partial charge in [0.2, 0.25) is 11.9 Å². The van der Waals surface area contributed by atoms with Crippen molar-refractivity contribution in [1.29, 1.82) is 0 Å². The highest BCUT2D eigenvalue weighted by Gasteiger charge is 2.18. The van der Waals surface area contributed by atoms with Crippen molar-refractivity contribution in [3.63, 3.8) is 0 Å². The van der Waals surface area contributed by atoms with Gasteiger partial charge in [0.15, 0.2) is 0 Å². The Labute approximate surface area is 146 Å². The van der Waals surface area contributed by atoms with Crippen molar-refractivity contribution in [2.45, 2.75) is 37.7 Å². The van der Waals surface area contributed by atoms with Gasteiger partial charge in [0, 0.05) is 42.7 Å². The van der Waals surface area contributed by atoms with Gasteiger partial charge < -0.3 is 21.1 Å². The lowest BCUT2D eigenvalue weighted by Crippen LogP contribution is -2.38. The average molecular weight is 355 g/mol. The molecule has 0 saturated carbocycles. The molecule has 1 unspecified atom stereocenters. The topological polar surface area (TPSA) is 119 Å². The number of aromatic nitrogens is 2. The van der Waals surface area contributed by atoms with Crippen LogP contribution >= 0.6 is 11.8 Å². The minimum absolute atomic E-state index is 0.131. The monoisotopic (exact) mass is 355 g/mol. The lowest BCUT2D eigenvalue weighted by molar-refractivity contribution is -0.118. The summed E-state index contributed by atoms with van der Waals surface area (Å²) in [5.74, 6) is -0.176. The smallest absolute Gasteiger partial charge is 0.407 e. The minimum Gasteiger partial charge on any atom is -0.444 e. The van der Waals surface area contributed by atoms with E-state index in [1.54, 1.807) is 44.9 Å². The summed E-state index contributed by atoms with van der Waals surface area (Å²) >= 11 is 1.55. The van der Waals surface area contributed by atoms with E-state index in [9.17, 15) is 9.59 Å². The number of hydrogen-bond acceptors (Lipinski definition) is 7. The van der Waals surface area contributed by atoms with Gasteiger partial charge in [-0.15, -0.1) is 11.8 Å². The molecule has 9 heteroatoms. The third kappa shape index (κ3) is 8.56. The minimum atomic E-state index is -0.575. The number of amides is 2. The number of nitrogens with two attached hydrogens (primary N) is 1. The number of nitrogens with one attached hydrogen (secondary N) is 2. The van der Waals surface area contributed by atoms with Crippen molar-refractivity contribution in [1.82, 2.24) is 15.3 Å². The normalized spacial score (nSPS) is 12.3. The second-order valence-corrected chi connectivity index (χ2v) is 7.13. The first-order chi connectivity index (χ1) is 11.2. The Hall–Kier alpha value is -2.03. The summed E-state index contributed by atoms with van der Waals surface area (Å²) in [5.41, 5.74) is 4.69. The maximum Gasteiger partial charge on any atom is 0.407 e. The highest BCUT2D eigenvalue weighted by molar-refractivity contribution is 7.98. The molecule has 0 fully saturated rings. The average Bonchev–Trinajstić information content (AvgIpc) is 2.48. The van der Waals surface area contributed by atoms with Crippen LogP contribution in [0.1, 0.15) is 27.2 Å². The molecular formula is C15H25N5O3S. The number of thioether (sulfide) groups is 1. The Morgan fingerprint density at radius 1 is 1.29 bits per heavy atom. The molecule has 0 aliphatic carbocycles. The highest BCUT2D eigenvalue weighted by Crippen LogP contribution is 2.12. The summed E-state index contributed by atoms with van der Waals surface area (Å²) in [6, 6.07) is 0. The van der Waals surface area contributed by atoms with E-state index in [1.165, 1.54) is 0 Å². The fourth-order valence-electron chi connectivity index (χ4n) is 1.79. The molecule has 1 aromatic heterocycles. The van der Waals surface area contributed by atoms with Gasteiger partial charge in [0.05, 0.1) is 0 Å². The summed E-state index contributed by atoms with van der Waals surface area (Å²) in [6.45, 7) is 6.00. The van der Waals surface area contributed by atoms with Crippen LogP contribution in [0.3, 0.4) is 0 Å². The summed E-state index contributed by atoms with van der Waals surface area (Å²) in [5, 5.41) is 5.69. The van der Waals surface area contributed by atoms with Gasteiger partial charge in [0.1, 0.15) is 5.60 Å². The first-order valence-corrected chi connectivity index (χ1v) is 8.77. The second kappa shape index (κ2) is 9.31. The number of anilines is 1. The number of primary amides is 1. The molecule has 0 radical (unpaired) electrons. The largest absolute Gasteiger partial charge is 0.444 e. The van der Waals surface area contributed by atoms with Crippen LogP contribution in [0.25, 0.3) is 0 Å². The zero-order chi connectivity index (χ0) is 18.2. The van der Waals surface area contributed by atoms with E-state index in [1.807, 2.05) is 6.26 Å². The van der Waals surface area contributed by atoms with Crippen molar-refractivity contribution < 1.29 is 14.3 Å². The van der Waals surface area contributed by atoms with Crippen LogP contribution in [0.4, 0.5) is 10.7 Å². The number of alkyl carbamates (subject to hydrolysis) is 1. The summed E-state index contributed by atoms with van der Waals surface area (Å²) in [4.78, 5) is 32.2. The van der Waals surface area contributed by atoms with Crippen LogP contribution in [0, 0.1) is 5.92 Å². The third-order valence-corrected chi connectivity index (χ3v) is 3.52. The second-order valence-electron chi connectivity index (χ2n) is 6.25. The fraction of sp³-hybridized carbons (Fsp3) is 0.600. The van der Waals surface area contributed by atoms with Crippen LogP contribution < -0.4 is 16.4 Å². The number of nitrogens with zero attached hydrogens (tertiary/aromatic N) is 2. The van der Waals surface area contributed by atoms with Crippen LogP contribution in [-0.4, -0.2) is 46.9 Å². The number of ether oxygens (including phenoxy) is 1. The van der Waals surface area contributed by atoms with E-state index >= 15 is 0 Å². The molecule has 1 heterocycles. The van der Waals surface area contributed by atoms with Gasteiger partial charge >= 0.3 is 6.09 Å². The molecule has 24 heavy (non-hydrogen) atoms. The summed E-state index contributed by atoms with van der Waals surface area (Å²) < 4.78 is 5.17. The molecule has 8 nitrogen and oxygen atoms in total. The Balaban J connectivity index is 2.52. The zero-order valence-corrected chi connectivity index (χ0v) is 15.3. The number of hydrogen-bond donors (Lipinski definition) is 3. The predicted octanol–water partition coefficient (Wildman–Crippen LogP) is 1.63. The molecule has 1 atom stereocenters. The molecule has 0 saturated heterocycles. The molecule has 0 bridgehead atoms. The maximum atomic E-state index is 11.7. The van der Waals surface area contributed by atoms with E-state index in [-0.39, 0.29) is 18.9 Å². The van der Waals surface area contributed by atoms with E-state index in [0.29, 0.717) is 12.5 Å². The van der Waals surface area contributed by atoms with Crippen LogP contribution in [0.5, 0.6) is 0 Å². The van der Waals surface area contributed by atoms with Crippen molar-refractivity contribution in [2.75, 3.05) is 24.7 Å². The molecule has 0 aliphatic heterocycles. The summed E-state index contributed by atoms with van der Waals surface area (Å²) in [7, 11) is 0. The Kier molecular flexibility index (Phi) is 7.76. The molecule has 0 spiro atoms. The molecule has 134 valence electrons. The van der Waals surface area contributed by atoms with Gasteiger partial charge in [-0.25, -0.2) is 14.8 Å². The molecule has 0 aliphatic rings. The van der Waals surface area contributed by atoms with Gasteiger partial charge in [-0.05, 0) is 27.0 Å². The number of carbonyl (C=O) groups excluding carboxylic acids is 2. The van der Waals surface area contributed by atoms with Crippen molar-refractivity contribution in [3.05, 3.63) is 12.4 Å². The van der Waals surface area contributed by atoms with Crippen LogP contribution in [0.2, 0.25) is 0 Å². The van der Waals surface area contributed by atoms with Gasteiger partial charge in [0.25, 0.3) is 0 Å². The van der Waals surface area contributed by atoms with E-state index < -0.39 is 17.6 Å². The van der Waals surface area contributed by atoms with E-state index in [2.05, 4.69) is 20.6 Å². The highest BCUT2D eigenvalue weighted by atomic mass is 32.2. The maximum absolute atomic E-state index is 11.7. The SMILES string of the molecule is CSc1cnc(NCC(CNC(=O)OC(C)(C)C)CC(N)=O)nc1. The Morgan fingerprint density at radius 3 is 2.42 bits per heavy atom. The lowest BCUT2D eigenvalue weighted by atomic mass is 10.1. The molecule has 0 aromatic carbocycles. The Bertz CT molecular complexity index is 545. The molecular weight excluding hydrogens is 330 g/mol.